The number of aromatic nitrogens is 2. The van der Waals surface area contributed by atoms with Gasteiger partial charge < -0.3 is 10.2 Å². The Morgan fingerprint density at radius 3 is 2.31 bits per heavy atom. The molecule has 0 aliphatic heterocycles. The van der Waals surface area contributed by atoms with E-state index in [4.69, 9.17) is 0 Å². The lowest BCUT2D eigenvalue weighted by Gasteiger charge is -2.22. The Balaban J connectivity index is 0.00000117. The molecule has 0 saturated carbocycles. The molecule has 0 saturated heterocycles. The number of amides is 1. The van der Waals surface area contributed by atoms with Crippen molar-refractivity contribution in [3.8, 4) is 0 Å². The van der Waals surface area contributed by atoms with Crippen molar-refractivity contribution in [3.63, 3.8) is 0 Å². The third-order valence-corrected chi connectivity index (χ3v) is 4.62. The van der Waals surface area contributed by atoms with E-state index in [0.29, 0.717) is 12.2 Å². The lowest BCUT2D eigenvalue weighted by Crippen LogP contribution is -2.22. The molecule has 0 unspecified atom stereocenters. The molecule has 3 rings (SSSR count). The molecule has 1 amide bonds. The summed E-state index contributed by atoms with van der Waals surface area (Å²) in [5.41, 5.74) is 2.38. The van der Waals surface area contributed by atoms with Crippen molar-refractivity contribution in [2.24, 2.45) is 0 Å². The first-order chi connectivity index (χ1) is 12.8. The first-order valence-corrected chi connectivity index (χ1v) is 9.77. The van der Waals surface area contributed by atoms with Crippen LogP contribution in [0.2, 0.25) is 0 Å². The number of anilines is 2. The van der Waals surface area contributed by atoms with Crippen LogP contribution >= 0.6 is 24.0 Å². The number of thiol groups is 1. The van der Waals surface area contributed by atoms with Crippen LogP contribution in [-0.4, -0.2) is 22.6 Å². The number of hydrogen-bond acceptors (Lipinski definition) is 6. The van der Waals surface area contributed by atoms with E-state index in [9.17, 15) is 4.79 Å². The van der Waals surface area contributed by atoms with Crippen LogP contribution in [0, 0.1) is 6.92 Å². The molecule has 0 aliphatic carbocycles. The van der Waals surface area contributed by atoms with Crippen molar-refractivity contribution in [1.82, 2.24) is 9.97 Å². The number of nitrogens with zero attached hydrogens (tertiary/aromatic N) is 3. The summed E-state index contributed by atoms with van der Waals surface area (Å²) in [5, 5.41) is 3.55. The third-order valence-electron chi connectivity index (χ3n) is 3.59. The minimum atomic E-state index is 0.623. The Labute approximate surface area is 163 Å². The highest BCUT2D eigenvalue weighted by Crippen LogP contribution is 2.30. The largest absolute Gasteiger partial charge is 0.339 e. The molecule has 2 heterocycles. The van der Waals surface area contributed by atoms with Crippen molar-refractivity contribution in [1.29, 1.82) is 0 Å². The molecular weight excluding hydrogens is 364 g/mol. The van der Waals surface area contributed by atoms with Crippen LogP contribution in [0.4, 0.5) is 10.9 Å². The number of hydrogen-bond donors (Lipinski definition) is 2. The quantitative estimate of drug-likeness (QED) is 0.473. The molecule has 5 nitrogen and oxygen atoms in total. The smallest absolute Gasteiger partial charge is 0.212 e. The average molecular weight is 387 g/mol. The van der Waals surface area contributed by atoms with Gasteiger partial charge in [0.05, 0.1) is 0 Å². The highest BCUT2D eigenvalue weighted by molar-refractivity contribution is 7.79. The zero-order valence-electron chi connectivity index (χ0n) is 14.8. The minimum absolute atomic E-state index is 0.623. The standard InChI is InChI=1S/C18H18N4OS.CH4S/c1-14-17(20-13-23)21-18(24-14)22(11-15-5-3-2-4-6-15)12-16-7-9-19-10-8-16;1-2/h2-10,13H,11-12H2,1H3,(H,20,23);2H,1H3. The number of thiazole rings is 1. The fourth-order valence-corrected chi connectivity index (χ4v) is 3.28. The van der Waals surface area contributed by atoms with Crippen LogP contribution in [0.5, 0.6) is 0 Å². The Kier molecular flexibility index (Phi) is 8.11. The summed E-state index contributed by atoms with van der Waals surface area (Å²) in [5.74, 6) is 0.623. The predicted molar refractivity (Wildman–Crippen MR) is 112 cm³/mol. The van der Waals surface area contributed by atoms with Crippen molar-refractivity contribution in [2.75, 3.05) is 16.5 Å². The van der Waals surface area contributed by atoms with Crippen molar-refractivity contribution < 1.29 is 4.79 Å². The average Bonchev–Trinajstić information content (AvgIpc) is 3.05. The summed E-state index contributed by atoms with van der Waals surface area (Å²) in [6.07, 6.45) is 5.95. The van der Waals surface area contributed by atoms with Gasteiger partial charge in [0.1, 0.15) is 5.82 Å². The van der Waals surface area contributed by atoms with Crippen LogP contribution in [0.15, 0.2) is 54.9 Å². The Bertz CT molecular complexity index is 752. The molecule has 0 bridgehead atoms. The molecule has 3 aromatic rings. The maximum absolute atomic E-state index is 10.7. The zero-order valence-corrected chi connectivity index (χ0v) is 16.5. The van der Waals surface area contributed by atoms with E-state index >= 15 is 0 Å². The topological polar surface area (TPSA) is 58.1 Å². The highest BCUT2D eigenvalue weighted by Gasteiger charge is 2.15. The molecule has 0 aliphatic rings. The fraction of sp³-hybridized carbons (Fsp3) is 0.211. The Hall–Kier alpha value is -2.38. The summed E-state index contributed by atoms with van der Waals surface area (Å²) < 4.78 is 0. The molecule has 2 aromatic heterocycles. The minimum Gasteiger partial charge on any atom is -0.339 e. The molecule has 0 atom stereocenters. The summed E-state index contributed by atoms with van der Waals surface area (Å²) in [4.78, 5) is 22.6. The van der Waals surface area contributed by atoms with E-state index in [0.717, 1.165) is 23.1 Å². The van der Waals surface area contributed by atoms with Gasteiger partial charge in [-0.25, -0.2) is 4.98 Å². The summed E-state index contributed by atoms with van der Waals surface area (Å²) in [7, 11) is 0. The van der Waals surface area contributed by atoms with E-state index < -0.39 is 0 Å². The van der Waals surface area contributed by atoms with Gasteiger partial charge in [-0.3, -0.25) is 9.78 Å². The van der Waals surface area contributed by atoms with E-state index in [1.54, 1.807) is 30.0 Å². The number of aryl methyl sites for hydroxylation is 1. The maximum atomic E-state index is 10.7. The van der Waals surface area contributed by atoms with Gasteiger partial charge >= 0.3 is 0 Å². The molecule has 1 aromatic carbocycles. The third kappa shape index (κ3) is 5.57. The Morgan fingerprint density at radius 2 is 1.69 bits per heavy atom. The van der Waals surface area contributed by atoms with Crippen LogP contribution in [0.1, 0.15) is 16.0 Å². The zero-order chi connectivity index (χ0) is 18.8. The van der Waals surface area contributed by atoms with Gasteiger partial charge in [-0.05, 0) is 36.4 Å². The predicted octanol–water partition coefficient (Wildman–Crippen LogP) is 4.17. The van der Waals surface area contributed by atoms with Crippen LogP contribution < -0.4 is 10.2 Å². The number of carbonyl (C=O) groups excluding carboxylic acids is 1. The lowest BCUT2D eigenvalue weighted by atomic mass is 10.2. The molecular formula is C19H22N4OS2. The molecule has 7 heteroatoms. The van der Waals surface area contributed by atoms with Crippen molar-refractivity contribution >= 4 is 41.3 Å². The lowest BCUT2D eigenvalue weighted by molar-refractivity contribution is -0.105. The molecule has 1 N–H and O–H groups in total. The first-order valence-electron chi connectivity index (χ1n) is 8.06. The highest BCUT2D eigenvalue weighted by atomic mass is 32.1. The van der Waals surface area contributed by atoms with Crippen LogP contribution in [0.25, 0.3) is 0 Å². The summed E-state index contributed by atoms with van der Waals surface area (Å²) in [6.45, 7) is 3.43. The molecule has 0 spiro atoms. The van der Waals surface area contributed by atoms with E-state index in [-0.39, 0.29) is 0 Å². The van der Waals surface area contributed by atoms with Gasteiger partial charge in [-0.2, -0.15) is 12.6 Å². The maximum Gasteiger partial charge on any atom is 0.212 e. The number of carbonyl (C=O) groups is 1. The van der Waals surface area contributed by atoms with Crippen LogP contribution in [-0.2, 0) is 17.9 Å². The van der Waals surface area contributed by atoms with E-state index in [2.05, 4.69) is 44.9 Å². The van der Waals surface area contributed by atoms with Crippen LogP contribution in [0.3, 0.4) is 0 Å². The number of rotatable bonds is 7. The van der Waals surface area contributed by atoms with Crippen molar-refractivity contribution in [2.45, 2.75) is 20.0 Å². The second-order valence-electron chi connectivity index (χ2n) is 5.36. The Morgan fingerprint density at radius 1 is 1.08 bits per heavy atom. The SMILES string of the molecule is CS.Cc1sc(N(Cc2ccccc2)Cc2ccncc2)nc1NC=O. The summed E-state index contributed by atoms with van der Waals surface area (Å²) in [6, 6.07) is 14.3. The van der Waals surface area contributed by atoms with Gasteiger partial charge in [-0.15, -0.1) is 0 Å². The van der Waals surface area contributed by atoms with Gasteiger partial charge in [0.2, 0.25) is 6.41 Å². The molecule has 0 radical (unpaired) electrons. The number of benzene rings is 1. The van der Waals surface area contributed by atoms with Gasteiger partial charge in [-0.1, -0.05) is 41.7 Å². The second kappa shape index (κ2) is 10.6. The monoisotopic (exact) mass is 386 g/mol. The first kappa shape index (κ1) is 19.9. The van der Waals surface area contributed by atoms with Gasteiger partial charge in [0.15, 0.2) is 5.13 Å². The van der Waals surface area contributed by atoms with Gasteiger partial charge in [0, 0.05) is 30.4 Å². The summed E-state index contributed by atoms with van der Waals surface area (Å²) >= 11 is 5.11. The van der Waals surface area contributed by atoms with E-state index in [1.807, 2.05) is 37.3 Å². The molecule has 136 valence electrons. The van der Waals surface area contributed by atoms with Gasteiger partial charge in [0.25, 0.3) is 0 Å². The molecule has 26 heavy (non-hydrogen) atoms. The van der Waals surface area contributed by atoms with E-state index in [1.165, 1.54) is 11.1 Å². The second-order valence-corrected chi connectivity index (χ2v) is 6.54. The van der Waals surface area contributed by atoms with Crippen molar-refractivity contribution in [3.05, 3.63) is 70.9 Å². The number of pyridine rings is 1. The number of nitrogens with one attached hydrogen (secondary N) is 1. The molecule has 0 fully saturated rings. The normalized spacial score (nSPS) is 9.81. The fourth-order valence-electron chi connectivity index (χ4n) is 2.41.